The fourth-order valence-corrected chi connectivity index (χ4v) is 11.2. The molecule has 0 saturated heterocycles. The molecule has 8 aromatic rings. The minimum absolute atomic E-state index is 0. The van der Waals surface area contributed by atoms with Crippen molar-refractivity contribution in [2.24, 2.45) is 0 Å². The second-order valence-electron chi connectivity index (χ2n) is 15.0. The largest absolute Gasteiger partial charge is 0.501 e. The van der Waals surface area contributed by atoms with E-state index in [-0.39, 0.29) is 20.1 Å². The van der Waals surface area contributed by atoms with Gasteiger partial charge in [0.2, 0.25) is 0 Å². The molecular weight excluding hydrogens is 897 g/mol. The summed E-state index contributed by atoms with van der Waals surface area (Å²) in [6, 6.07) is 45.0. The van der Waals surface area contributed by atoms with Crippen LogP contribution in [-0.4, -0.2) is 23.2 Å². The molecule has 1 aliphatic rings. The monoisotopic (exact) mass is 946 g/mol. The molecular formula is C49H44GeIrN2O-2. The topological polar surface area (TPSA) is 38.9 Å². The van der Waals surface area contributed by atoms with E-state index in [9.17, 15) is 0 Å². The number of hydrogen-bond acceptors (Lipinski definition) is 3. The zero-order valence-corrected chi connectivity index (χ0v) is 35.6. The molecule has 5 heteroatoms. The average Bonchev–Trinajstić information content (AvgIpc) is 3.59. The summed E-state index contributed by atoms with van der Waals surface area (Å²) in [6.45, 7) is -0.0564. The van der Waals surface area contributed by atoms with Gasteiger partial charge in [0.1, 0.15) is 5.58 Å². The summed E-state index contributed by atoms with van der Waals surface area (Å²) in [5.74, 6) is 7.07. The van der Waals surface area contributed by atoms with Crippen LogP contribution in [0.5, 0.6) is 0 Å². The number of rotatable bonds is 5. The van der Waals surface area contributed by atoms with Gasteiger partial charge in [0.05, 0.1) is 5.58 Å². The number of aryl methyl sites for hydroxylation is 3. The third-order valence-corrected chi connectivity index (χ3v) is 14.8. The van der Waals surface area contributed by atoms with E-state index in [1.165, 1.54) is 39.5 Å². The van der Waals surface area contributed by atoms with Gasteiger partial charge in [0, 0.05) is 31.7 Å². The molecule has 3 nitrogen and oxygen atoms in total. The quantitative estimate of drug-likeness (QED) is 0.127. The van der Waals surface area contributed by atoms with Gasteiger partial charge in [0.15, 0.2) is 0 Å². The predicted octanol–water partition coefficient (Wildman–Crippen LogP) is 12.4. The maximum Gasteiger partial charge on any atom is 0.121 e. The van der Waals surface area contributed by atoms with E-state index >= 15 is 0 Å². The summed E-state index contributed by atoms with van der Waals surface area (Å²) in [5, 5.41) is 2.27. The van der Waals surface area contributed by atoms with Crippen molar-refractivity contribution in [1.82, 2.24) is 9.97 Å². The first-order chi connectivity index (χ1) is 27.0. The van der Waals surface area contributed by atoms with E-state index in [1.54, 1.807) is 6.07 Å². The molecule has 5 aromatic carbocycles. The molecule has 54 heavy (non-hydrogen) atoms. The van der Waals surface area contributed by atoms with Crippen LogP contribution in [-0.2, 0) is 32.9 Å². The average molecular weight is 945 g/mol. The number of benzene rings is 5. The Hall–Kier alpha value is -4.61. The number of fused-ring (bicyclic) bond motifs is 4. The second-order valence-corrected chi connectivity index (χ2v) is 25.5. The zero-order valence-electron chi connectivity index (χ0n) is 34.1. The third kappa shape index (κ3) is 7.66. The van der Waals surface area contributed by atoms with Crippen molar-refractivity contribution in [3.63, 3.8) is 0 Å². The Morgan fingerprint density at radius 1 is 0.741 bits per heavy atom. The van der Waals surface area contributed by atoms with E-state index in [4.69, 9.17) is 13.5 Å². The molecule has 0 amide bonds. The van der Waals surface area contributed by atoms with Crippen LogP contribution >= 0.6 is 0 Å². The second kappa shape index (κ2) is 16.0. The maximum absolute atomic E-state index is 7.87. The fraction of sp³-hybridized carbons (Fsp3) is 0.184. The molecule has 0 saturated carbocycles. The van der Waals surface area contributed by atoms with Gasteiger partial charge >= 0.3 is 152 Å². The molecule has 0 spiro atoms. The number of nitrogens with zero attached hydrogens (tertiary/aromatic N) is 2. The van der Waals surface area contributed by atoms with Gasteiger partial charge in [-0.3, -0.25) is 0 Å². The van der Waals surface area contributed by atoms with Gasteiger partial charge in [-0.15, -0.1) is 18.2 Å². The van der Waals surface area contributed by atoms with Crippen molar-refractivity contribution >= 4 is 39.6 Å². The molecule has 3 aromatic heterocycles. The number of pyridine rings is 2. The smallest absolute Gasteiger partial charge is 0.121 e. The van der Waals surface area contributed by atoms with Crippen molar-refractivity contribution < 1.29 is 28.6 Å². The van der Waals surface area contributed by atoms with Crippen molar-refractivity contribution in [2.45, 2.75) is 56.7 Å². The van der Waals surface area contributed by atoms with Crippen molar-refractivity contribution in [1.29, 1.82) is 0 Å². The first-order valence-electron chi connectivity index (χ1n) is 19.9. The normalized spacial score (nSPS) is 13.5. The first-order valence-corrected chi connectivity index (χ1v) is 25.8. The SMILES string of the molecule is [2H]C([2H])([2H])c1c[c-]c(-c2cc(C)[c]([Ge]([CH3])([CH3])[CH3])cn2)cc1-c1ccccc1.[Ir].[c-]1ccc2c(oc3cc(-c4ccccc4)ccc32)c1-c1nccc2c1CCCC2. The minimum atomic E-state index is -2.19. The summed E-state index contributed by atoms with van der Waals surface area (Å²) in [5.41, 5.74) is 13.8. The Morgan fingerprint density at radius 3 is 2.24 bits per heavy atom. The van der Waals surface area contributed by atoms with E-state index in [0.29, 0.717) is 11.1 Å². The van der Waals surface area contributed by atoms with Gasteiger partial charge < -0.3 is 9.40 Å². The summed E-state index contributed by atoms with van der Waals surface area (Å²) in [4.78, 5) is 9.43. The Labute approximate surface area is 339 Å². The molecule has 0 bridgehead atoms. The van der Waals surface area contributed by atoms with Crippen LogP contribution in [0.15, 0.2) is 132 Å². The standard InChI is InChI=1S/C27H20NO.C22H24GeN.Ir/c1-2-7-18(8-3-1)20-13-14-22-23-11-6-12-24(27(23)29-25(22)17-20)26-21-10-5-4-9-19(21)15-16-28-26;1-16-11-12-19(14-20(16)18-9-7-6-8-10-18)22-13-17(2)21(15-24-22)23(3,4)5;/h1-3,6-8,11,13-17H,4-5,9-10H2;6-11,13-15H,1-5H3;/q2*-1;/i;1D3;. The number of furan rings is 1. The molecule has 271 valence electrons. The van der Waals surface area contributed by atoms with Gasteiger partial charge in [-0.05, 0) is 54.6 Å². The van der Waals surface area contributed by atoms with Crippen LogP contribution in [0.25, 0.3) is 66.7 Å². The Balaban J connectivity index is 0.000000172. The summed E-state index contributed by atoms with van der Waals surface area (Å²) < 4.78 is 31.4. The maximum atomic E-state index is 7.87. The Kier molecular flexibility index (Phi) is 10.1. The number of aromatic nitrogens is 2. The van der Waals surface area contributed by atoms with Gasteiger partial charge in [0.25, 0.3) is 0 Å². The summed E-state index contributed by atoms with van der Waals surface area (Å²) in [6.07, 6.45) is 8.64. The molecule has 0 aliphatic heterocycles. The molecule has 0 atom stereocenters. The van der Waals surface area contributed by atoms with E-state index in [2.05, 4.69) is 102 Å². The molecule has 0 unspecified atom stereocenters. The van der Waals surface area contributed by atoms with Crippen molar-refractivity contribution in [3.8, 4) is 44.8 Å². The van der Waals surface area contributed by atoms with Crippen LogP contribution < -0.4 is 4.40 Å². The van der Waals surface area contributed by atoms with Gasteiger partial charge in [-0.1, -0.05) is 64.5 Å². The van der Waals surface area contributed by atoms with Gasteiger partial charge in [-0.2, -0.15) is 0 Å². The minimum Gasteiger partial charge on any atom is -0.501 e. The van der Waals surface area contributed by atoms with Crippen LogP contribution in [0.2, 0.25) is 17.3 Å². The zero-order chi connectivity index (χ0) is 39.0. The van der Waals surface area contributed by atoms with Crippen molar-refractivity contribution in [3.05, 3.63) is 162 Å². The van der Waals surface area contributed by atoms with Crippen LogP contribution in [0.4, 0.5) is 0 Å². The Morgan fingerprint density at radius 2 is 1.50 bits per heavy atom. The molecule has 0 N–H and O–H groups in total. The third-order valence-electron chi connectivity index (χ3n) is 10.3. The summed E-state index contributed by atoms with van der Waals surface area (Å²) >= 11 is -1.96. The van der Waals surface area contributed by atoms with Gasteiger partial charge in [-0.25, -0.2) is 0 Å². The van der Waals surface area contributed by atoms with Crippen LogP contribution in [0, 0.1) is 25.9 Å². The molecule has 9 rings (SSSR count). The predicted molar refractivity (Wildman–Crippen MR) is 224 cm³/mol. The molecule has 1 aliphatic carbocycles. The van der Waals surface area contributed by atoms with Crippen LogP contribution in [0.1, 0.15) is 39.2 Å². The van der Waals surface area contributed by atoms with Crippen molar-refractivity contribution in [2.75, 3.05) is 0 Å². The Bertz CT molecular complexity index is 2690. The number of hydrogen-bond donors (Lipinski definition) is 0. The fourth-order valence-electron chi connectivity index (χ4n) is 7.59. The molecule has 3 heterocycles. The first kappa shape index (κ1) is 33.9. The van der Waals surface area contributed by atoms with Crippen LogP contribution in [0.3, 0.4) is 0 Å². The van der Waals surface area contributed by atoms with E-state index in [0.717, 1.165) is 68.4 Å². The van der Waals surface area contributed by atoms with E-state index in [1.807, 2.05) is 60.9 Å². The summed E-state index contributed by atoms with van der Waals surface area (Å²) in [7, 11) is 0. The van der Waals surface area contributed by atoms with E-state index < -0.39 is 20.1 Å². The molecule has 0 fully saturated rings. The molecule has 1 radical (unpaired) electrons.